The van der Waals surface area contributed by atoms with E-state index in [1.165, 1.54) is 11.8 Å². The number of amides is 1. The molecule has 1 amide bonds. The molecule has 2 aliphatic rings. The Morgan fingerprint density at radius 2 is 2.07 bits per heavy atom. The number of hydrogen-bond donors (Lipinski definition) is 2. The second kappa shape index (κ2) is 7.42. The summed E-state index contributed by atoms with van der Waals surface area (Å²) in [7, 11) is -3.03. The van der Waals surface area contributed by atoms with Gasteiger partial charge in [-0.2, -0.15) is 0 Å². The first-order valence-corrected chi connectivity index (χ1v) is 12.8. The van der Waals surface area contributed by atoms with Crippen LogP contribution in [0.2, 0.25) is 0 Å². The molecule has 2 fully saturated rings. The van der Waals surface area contributed by atoms with Gasteiger partial charge in [0.15, 0.2) is 20.8 Å². The highest BCUT2D eigenvalue weighted by molar-refractivity contribution is 8.00. The molecular formula is C20H23N5O3S2. The lowest BCUT2D eigenvalue weighted by Gasteiger charge is -2.16. The lowest BCUT2D eigenvalue weighted by atomic mass is 10.1. The van der Waals surface area contributed by atoms with Gasteiger partial charge in [-0.15, -0.1) is 10.2 Å². The lowest BCUT2D eigenvalue weighted by molar-refractivity contribution is -0.120. The summed E-state index contributed by atoms with van der Waals surface area (Å²) in [6.45, 7) is 1.82. The van der Waals surface area contributed by atoms with E-state index in [0.29, 0.717) is 12.5 Å². The smallest absolute Gasteiger partial charge is 0.233 e. The zero-order valence-corrected chi connectivity index (χ0v) is 18.2. The third-order valence-electron chi connectivity index (χ3n) is 5.64. The standard InChI is InChI=1S/C20H23N5O3S2/c1-12(19(26)22-13-8-9-30(27,28)11-13)29-20-24-23-18(25(20)14-6-7-14)16-10-21-17-5-3-2-4-15(16)17/h2-5,10,12-14,21H,6-9,11H2,1H3,(H,22,26)/t12-,13-/m0/s1. The summed E-state index contributed by atoms with van der Waals surface area (Å²) in [4.78, 5) is 15.9. The van der Waals surface area contributed by atoms with Crippen LogP contribution in [-0.2, 0) is 14.6 Å². The van der Waals surface area contributed by atoms with Crippen molar-refractivity contribution < 1.29 is 13.2 Å². The van der Waals surface area contributed by atoms with Gasteiger partial charge in [0.25, 0.3) is 0 Å². The first-order chi connectivity index (χ1) is 14.4. The topological polar surface area (TPSA) is 110 Å². The molecule has 10 heteroatoms. The van der Waals surface area contributed by atoms with Crippen molar-refractivity contribution in [2.75, 3.05) is 11.5 Å². The summed E-state index contributed by atoms with van der Waals surface area (Å²) < 4.78 is 25.4. The Labute approximate surface area is 178 Å². The van der Waals surface area contributed by atoms with Crippen molar-refractivity contribution in [2.24, 2.45) is 0 Å². The van der Waals surface area contributed by atoms with Crippen LogP contribution in [0.3, 0.4) is 0 Å². The third-order valence-corrected chi connectivity index (χ3v) is 8.46. The number of aromatic amines is 1. The molecule has 1 aliphatic carbocycles. The first kappa shape index (κ1) is 19.6. The fourth-order valence-electron chi connectivity index (χ4n) is 3.90. The number of sulfone groups is 1. The van der Waals surface area contributed by atoms with E-state index in [1.54, 1.807) is 0 Å². The number of thioether (sulfide) groups is 1. The summed E-state index contributed by atoms with van der Waals surface area (Å²) in [5.74, 6) is 0.816. The second-order valence-corrected chi connectivity index (χ2v) is 11.6. The molecule has 1 saturated heterocycles. The number of carbonyl (C=O) groups is 1. The van der Waals surface area contributed by atoms with Gasteiger partial charge in [0.1, 0.15) is 0 Å². The van der Waals surface area contributed by atoms with Gasteiger partial charge < -0.3 is 10.3 Å². The van der Waals surface area contributed by atoms with Crippen LogP contribution in [-0.4, -0.2) is 56.9 Å². The van der Waals surface area contributed by atoms with Crippen molar-refractivity contribution in [3.8, 4) is 11.4 Å². The van der Waals surface area contributed by atoms with E-state index in [1.807, 2.05) is 31.3 Å². The quantitative estimate of drug-likeness (QED) is 0.564. The Balaban J connectivity index is 1.37. The van der Waals surface area contributed by atoms with Crippen LogP contribution < -0.4 is 5.32 Å². The van der Waals surface area contributed by atoms with E-state index >= 15 is 0 Å². The van der Waals surface area contributed by atoms with Gasteiger partial charge in [-0.1, -0.05) is 30.0 Å². The zero-order valence-electron chi connectivity index (χ0n) is 16.5. The molecule has 2 aromatic heterocycles. The van der Waals surface area contributed by atoms with Crippen LogP contribution in [0.4, 0.5) is 0 Å². The number of rotatable bonds is 6. The molecule has 2 atom stereocenters. The largest absolute Gasteiger partial charge is 0.360 e. The highest BCUT2D eigenvalue weighted by Gasteiger charge is 2.33. The summed E-state index contributed by atoms with van der Waals surface area (Å²) in [6, 6.07) is 8.14. The molecule has 0 radical (unpaired) electrons. The summed E-state index contributed by atoms with van der Waals surface area (Å²) in [6.07, 6.45) is 4.58. The number of carbonyl (C=O) groups excluding carboxylic acids is 1. The summed E-state index contributed by atoms with van der Waals surface area (Å²) in [5, 5.41) is 13.2. The molecule has 0 bridgehead atoms. The Bertz CT molecular complexity index is 1210. The molecule has 3 aromatic rings. The number of nitrogens with one attached hydrogen (secondary N) is 2. The molecule has 0 spiro atoms. The van der Waals surface area contributed by atoms with Gasteiger partial charge in [0.2, 0.25) is 5.91 Å². The maximum absolute atomic E-state index is 12.6. The van der Waals surface area contributed by atoms with E-state index in [4.69, 9.17) is 0 Å². The highest BCUT2D eigenvalue weighted by Crippen LogP contribution is 2.42. The summed E-state index contributed by atoms with van der Waals surface area (Å²) in [5.41, 5.74) is 2.05. The minimum atomic E-state index is -3.03. The van der Waals surface area contributed by atoms with E-state index in [-0.39, 0.29) is 23.5 Å². The average molecular weight is 446 g/mol. The van der Waals surface area contributed by atoms with Crippen LogP contribution >= 0.6 is 11.8 Å². The molecule has 0 unspecified atom stereocenters. The van der Waals surface area contributed by atoms with Crippen molar-refractivity contribution in [1.82, 2.24) is 25.1 Å². The fraction of sp³-hybridized carbons (Fsp3) is 0.450. The van der Waals surface area contributed by atoms with Crippen molar-refractivity contribution >= 4 is 38.4 Å². The minimum absolute atomic E-state index is 0.0269. The van der Waals surface area contributed by atoms with Crippen molar-refractivity contribution in [1.29, 1.82) is 0 Å². The monoisotopic (exact) mass is 445 g/mol. The van der Waals surface area contributed by atoms with Crippen LogP contribution in [0.1, 0.15) is 32.2 Å². The van der Waals surface area contributed by atoms with Gasteiger partial charge >= 0.3 is 0 Å². The number of aromatic nitrogens is 4. The van der Waals surface area contributed by atoms with E-state index in [9.17, 15) is 13.2 Å². The number of fused-ring (bicyclic) bond motifs is 1. The normalized spacial score (nSPS) is 21.7. The SMILES string of the molecule is C[C@H](Sc1nnc(-c2c[nH]c3ccccc23)n1C1CC1)C(=O)N[C@H]1CCS(=O)(=O)C1. The van der Waals surface area contributed by atoms with Gasteiger partial charge in [0.05, 0.1) is 16.8 Å². The van der Waals surface area contributed by atoms with Crippen molar-refractivity contribution in [3.05, 3.63) is 30.5 Å². The number of para-hydroxylation sites is 1. The number of nitrogens with zero attached hydrogens (tertiary/aromatic N) is 3. The third kappa shape index (κ3) is 3.74. The van der Waals surface area contributed by atoms with Gasteiger partial charge in [-0.3, -0.25) is 9.36 Å². The highest BCUT2D eigenvalue weighted by atomic mass is 32.2. The number of hydrogen-bond acceptors (Lipinski definition) is 6. The van der Waals surface area contributed by atoms with Gasteiger partial charge in [-0.25, -0.2) is 8.42 Å². The molecule has 1 saturated carbocycles. The number of benzene rings is 1. The Morgan fingerprint density at radius 3 is 2.80 bits per heavy atom. The van der Waals surface area contributed by atoms with Crippen LogP contribution in [0.5, 0.6) is 0 Å². The zero-order chi connectivity index (χ0) is 20.9. The minimum Gasteiger partial charge on any atom is -0.360 e. The molecular weight excluding hydrogens is 422 g/mol. The Hall–Kier alpha value is -2.33. The molecule has 1 aliphatic heterocycles. The molecule has 158 valence electrons. The Kier molecular flexibility index (Phi) is 4.85. The predicted molar refractivity (Wildman–Crippen MR) is 116 cm³/mol. The first-order valence-electron chi connectivity index (χ1n) is 10.1. The fourth-order valence-corrected chi connectivity index (χ4v) is 6.50. The molecule has 8 nitrogen and oxygen atoms in total. The van der Waals surface area contributed by atoms with Gasteiger partial charge in [0, 0.05) is 34.7 Å². The van der Waals surface area contributed by atoms with Crippen molar-refractivity contribution in [3.63, 3.8) is 0 Å². The molecule has 5 rings (SSSR count). The van der Waals surface area contributed by atoms with Crippen LogP contribution in [0, 0.1) is 0 Å². The summed E-state index contributed by atoms with van der Waals surface area (Å²) >= 11 is 1.37. The molecule has 30 heavy (non-hydrogen) atoms. The van der Waals surface area contributed by atoms with Gasteiger partial charge in [-0.05, 0) is 32.3 Å². The number of H-pyrrole nitrogens is 1. The maximum atomic E-state index is 12.6. The van der Waals surface area contributed by atoms with E-state index in [2.05, 4.69) is 31.1 Å². The molecule has 2 N–H and O–H groups in total. The maximum Gasteiger partial charge on any atom is 0.233 e. The van der Waals surface area contributed by atoms with Crippen molar-refractivity contribution in [2.45, 2.75) is 48.7 Å². The molecule has 1 aromatic carbocycles. The molecule has 3 heterocycles. The second-order valence-electron chi connectivity index (χ2n) is 8.02. The predicted octanol–water partition coefficient (Wildman–Crippen LogP) is 2.55. The van der Waals surface area contributed by atoms with Crippen LogP contribution in [0.15, 0.2) is 35.6 Å². The van der Waals surface area contributed by atoms with E-state index in [0.717, 1.165) is 40.3 Å². The van der Waals surface area contributed by atoms with Crippen LogP contribution in [0.25, 0.3) is 22.3 Å². The van der Waals surface area contributed by atoms with E-state index < -0.39 is 15.1 Å². The lowest BCUT2D eigenvalue weighted by Crippen LogP contribution is -2.40. The Morgan fingerprint density at radius 1 is 1.27 bits per heavy atom. The average Bonchev–Trinajstić information content (AvgIpc) is 3.17.